The van der Waals surface area contributed by atoms with Crippen LogP contribution in [0.3, 0.4) is 0 Å². The summed E-state index contributed by atoms with van der Waals surface area (Å²) in [7, 11) is 0. The van der Waals surface area contributed by atoms with Crippen LogP contribution in [0.5, 0.6) is 0 Å². The molecule has 1 aromatic carbocycles. The Morgan fingerprint density at radius 3 is 2.80 bits per heavy atom. The zero-order valence-corrected chi connectivity index (χ0v) is 17.7. The summed E-state index contributed by atoms with van der Waals surface area (Å²) in [6.45, 7) is 1.52. The molecule has 0 bridgehead atoms. The fourth-order valence-corrected chi connectivity index (χ4v) is 5.11. The minimum Gasteiger partial charge on any atom is -0.340 e. The highest BCUT2D eigenvalue weighted by atomic mass is 32.1. The molecule has 1 amide bonds. The molecule has 1 fully saturated rings. The van der Waals surface area contributed by atoms with E-state index in [2.05, 4.69) is 43.4 Å². The molecule has 1 aliphatic heterocycles. The van der Waals surface area contributed by atoms with Crippen LogP contribution in [0.15, 0.2) is 42.0 Å². The summed E-state index contributed by atoms with van der Waals surface area (Å²) >= 11 is 1.49. The van der Waals surface area contributed by atoms with Crippen LogP contribution >= 0.6 is 11.3 Å². The first-order valence-corrected chi connectivity index (χ1v) is 11.5. The Morgan fingerprint density at radius 1 is 1.10 bits per heavy atom. The number of hydrogen-bond acceptors (Lipinski definition) is 6. The summed E-state index contributed by atoms with van der Waals surface area (Å²) in [6, 6.07) is 8.47. The molecule has 1 aliphatic carbocycles. The van der Waals surface area contributed by atoms with Crippen molar-refractivity contribution < 1.29 is 4.79 Å². The number of aryl methyl sites for hydroxylation is 2. The number of nitrogens with zero attached hydrogens (tertiary/aromatic N) is 4. The maximum atomic E-state index is 12.9. The summed E-state index contributed by atoms with van der Waals surface area (Å²) in [4.78, 5) is 28.3. The Labute approximate surface area is 180 Å². The van der Waals surface area contributed by atoms with Crippen LogP contribution in [0.2, 0.25) is 0 Å². The number of amides is 1. The topological polar surface area (TPSA) is 71.0 Å². The number of fused-ring (bicyclic) bond motifs is 1. The van der Waals surface area contributed by atoms with Crippen LogP contribution in [0.1, 0.15) is 36.8 Å². The molecular formula is C23H25N5OS. The monoisotopic (exact) mass is 419 g/mol. The van der Waals surface area contributed by atoms with E-state index < -0.39 is 0 Å². The Balaban J connectivity index is 1.25. The molecule has 3 aromatic rings. The van der Waals surface area contributed by atoms with E-state index in [-0.39, 0.29) is 11.8 Å². The van der Waals surface area contributed by atoms with E-state index in [1.54, 1.807) is 18.5 Å². The number of anilines is 2. The van der Waals surface area contributed by atoms with Crippen molar-refractivity contribution in [1.82, 2.24) is 15.0 Å². The van der Waals surface area contributed by atoms with Crippen molar-refractivity contribution in [3.63, 3.8) is 0 Å². The molecule has 0 saturated carbocycles. The van der Waals surface area contributed by atoms with Gasteiger partial charge in [0.05, 0.1) is 11.6 Å². The van der Waals surface area contributed by atoms with Crippen molar-refractivity contribution in [2.24, 2.45) is 5.92 Å². The van der Waals surface area contributed by atoms with Gasteiger partial charge in [-0.1, -0.05) is 12.1 Å². The molecule has 0 spiro atoms. The molecule has 30 heavy (non-hydrogen) atoms. The molecule has 1 atom stereocenters. The van der Waals surface area contributed by atoms with E-state index >= 15 is 0 Å². The van der Waals surface area contributed by atoms with E-state index in [4.69, 9.17) is 0 Å². The van der Waals surface area contributed by atoms with Gasteiger partial charge in [-0.25, -0.2) is 15.0 Å². The van der Waals surface area contributed by atoms with Crippen molar-refractivity contribution in [2.45, 2.75) is 38.5 Å². The van der Waals surface area contributed by atoms with Crippen LogP contribution in [-0.2, 0) is 17.6 Å². The molecule has 1 N–H and O–H groups in total. The van der Waals surface area contributed by atoms with Crippen molar-refractivity contribution in [3.8, 4) is 11.3 Å². The van der Waals surface area contributed by atoms with E-state index in [0.717, 1.165) is 37.1 Å². The number of carbonyl (C=O) groups is 1. The number of hydrogen-bond donors (Lipinski definition) is 1. The van der Waals surface area contributed by atoms with Gasteiger partial charge in [0.15, 0.2) is 5.13 Å². The molecule has 3 heterocycles. The summed E-state index contributed by atoms with van der Waals surface area (Å²) < 4.78 is 0. The van der Waals surface area contributed by atoms with Gasteiger partial charge in [-0.15, -0.1) is 11.3 Å². The third-order valence-electron chi connectivity index (χ3n) is 6.01. The minimum atomic E-state index is -0.0846. The van der Waals surface area contributed by atoms with Gasteiger partial charge in [-0.3, -0.25) is 4.79 Å². The maximum Gasteiger partial charge on any atom is 0.231 e. The van der Waals surface area contributed by atoms with Gasteiger partial charge in [0.1, 0.15) is 0 Å². The summed E-state index contributed by atoms with van der Waals surface area (Å²) in [5, 5.41) is 5.74. The van der Waals surface area contributed by atoms with Crippen LogP contribution in [-0.4, -0.2) is 33.9 Å². The highest BCUT2D eigenvalue weighted by Crippen LogP contribution is 2.30. The standard InChI is InChI=1S/C23H25N5OS/c29-21(19-7-3-12-28(14-19)22-24-10-4-11-25-22)27-23-26-20(15-30-23)18-9-8-16-5-1-2-6-17(16)13-18/h4,8-11,13,15,19H,1-3,5-7,12,14H2,(H,26,27,29)/t19-/m1/s1. The number of piperidine rings is 1. The van der Waals surface area contributed by atoms with Crippen molar-refractivity contribution >= 4 is 28.3 Å². The van der Waals surface area contributed by atoms with Gasteiger partial charge in [0.25, 0.3) is 0 Å². The fourth-order valence-electron chi connectivity index (χ4n) is 4.39. The van der Waals surface area contributed by atoms with Crippen LogP contribution < -0.4 is 10.2 Å². The van der Waals surface area contributed by atoms with E-state index in [1.165, 1.54) is 41.7 Å². The molecular weight excluding hydrogens is 394 g/mol. The maximum absolute atomic E-state index is 12.9. The Morgan fingerprint density at radius 2 is 1.93 bits per heavy atom. The van der Waals surface area contributed by atoms with Gasteiger partial charge in [-0.2, -0.15) is 0 Å². The first-order valence-electron chi connectivity index (χ1n) is 10.7. The van der Waals surface area contributed by atoms with Gasteiger partial charge in [0.2, 0.25) is 11.9 Å². The number of thiazole rings is 1. The zero-order chi connectivity index (χ0) is 20.3. The molecule has 5 rings (SSSR count). The Kier molecular flexibility index (Phi) is 5.45. The van der Waals surface area contributed by atoms with Gasteiger partial charge in [0, 0.05) is 36.4 Å². The Hall–Kier alpha value is -2.80. The second-order valence-electron chi connectivity index (χ2n) is 8.05. The van der Waals surface area contributed by atoms with E-state index in [0.29, 0.717) is 17.6 Å². The Bertz CT molecular complexity index is 1040. The number of nitrogens with one attached hydrogen (secondary N) is 1. The summed E-state index contributed by atoms with van der Waals surface area (Å²) in [5.74, 6) is 0.638. The smallest absolute Gasteiger partial charge is 0.231 e. The molecule has 154 valence electrons. The SMILES string of the molecule is O=C(Nc1nc(-c2ccc3c(c2)CCCC3)cs1)[C@@H]1CCCN(c2ncccn2)C1. The molecule has 0 radical (unpaired) electrons. The fraction of sp³-hybridized carbons (Fsp3) is 0.391. The normalized spacial score (nSPS) is 18.7. The molecule has 0 unspecified atom stereocenters. The van der Waals surface area contributed by atoms with Crippen LogP contribution in [0.25, 0.3) is 11.3 Å². The average Bonchev–Trinajstić information content (AvgIpc) is 3.28. The average molecular weight is 420 g/mol. The van der Waals surface area contributed by atoms with Gasteiger partial charge in [-0.05, 0) is 61.8 Å². The zero-order valence-electron chi connectivity index (χ0n) is 16.9. The molecule has 6 nitrogen and oxygen atoms in total. The molecule has 7 heteroatoms. The highest BCUT2D eigenvalue weighted by Gasteiger charge is 2.27. The van der Waals surface area contributed by atoms with Crippen LogP contribution in [0, 0.1) is 5.92 Å². The van der Waals surface area contributed by atoms with Crippen molar-refractivity contribution in [3.05, 3.63) is 53.2 Å². The van der Waals surface area contributed by atoms with E-state index in [9.17, 15) is 4.79 Å². The third-order valence-corrected chi connectivity index (χ3v) is 6.76. The molecule has 1 saturated heterocycles. The van der Waals surface area contributed by atoms with E-state index in [1.807, 2.05) is 5.38 Å². The molecule has 2 aromatic heterocycles. The third kappa shape index (κ3) is 4.07. The highest BCUT2D eigenvalue weighted by molar-refractivity contribution is 7.14. The first-order chi connectivity index (χ1) is 14.8. The van der Waals surface area contributed by atoms with Crippen molar-refractivity contribution in [1.29, 1.82) is 0 Å². The number of aromatic nitrogens is 3. The lowest BCUT2D eigenvalue weighted by atomic mass is 9.90. The lowest BCUT2D eigenvalue weighted by molar-refractivity contribution is -0.120. The lowest BCUT2D eigenvalue weighted by Gasteiger charge is -2.31. The van der Waals surface area contributed by atoms with Gasteiger partial charge < -0.3 is 10.2 Å². The summed E-state index contributed by atoms with van der Waals surface area (Å²) in [6.07, 6.45) is 10.2. The van der Waals surface area contributed by atoms with Gasteiger partial charge >= 0.3 is 0 Å². The number of carbonyl (C=O) groups excluding carboxylic acids is 1. The lowest BCUT2D eigenvalue weighted by Crippen LogP contribution is -2.41. The minimum absolute atomic E-state index is 0.0296. The summed E-state index contributed by atoms with van der Waals surface area (Å²) in [5.41, 5.74) is 4.99. The quantitative estimate of drug-likeness (QED) is 0.681. The predicted octanol–water partition coefficient (Wildman–Crippen LogP) is 4.33. The largest absolute Gasteiger partial charge is 0.340 e. The number of benzene rings is 1. The second kappa shape index (κ2) is 8.52. The number of rotatable bonds is 4. The van der Waals surface area contributed by atoms with Crippen LogP contribution in [0.4, 0.5) is 11.1 Å². The molecule has 2 aliphatic rings. The second-order valence-corrected chi connectivity index (χ2v) is 8.91. The first kappa shape index (κ1) is 19.2. The predicted molar refractivity (Wildman–Crippen MR) is 120 cm³/mol. The van der Waals surface area contributed by atoms with Crippen molar-refractivity contribution in [2.75, 3.05) is 23.3 Å².